The van der Waals surface area contributed by atoms with Gasteiger partial charge in [-0.25, -0.2) is 4.79 Å². The summed E-state index contributed by atoms with van der Waals surface area (Å²) in [6, 6.07) is 14.5. The number of esters is 1. The maximum absolute atomic E-state index is 13.6. The Kier molecular flexibility index (Phi) is 12.9. The molecule has 202 valence electrons. The Balaban J connectivity index is 2.31. The highest BCUT2D eigenvalue weighted by Crippen LogP contribution is 2.29. The van der Waals surface area contributed by atoms with Crippen molar-refractivity contribution >= 4 is 46.5 Å². The van der Waals surface area contributed by atoms with Crippen molar-refractivity contribution in [1.29, 1.82) is 0 Å². The van der Waals surface area contributed by atoms with Gasteiger partial charge in [0.15, 0.2) is 0 Å². The van der Waals surface area contributed by atoms with Crippen LogP contribution < -0.4 is 10.1 Å². The van der Waals surface area contributed by atoms with Crippen molar-refractivity contribution < 1.29 is 23.9 Å². The van der Waals surface area contributed by atoms with Crippen LogP contribution in [0.15, 0.2) is 54.6 Å². The van der Waals surface area contributed by atoms with Crippen molar-refractivity contribution in [2.75, 3.05) is 12.4 Å². The van der Waals surface area contributed by atoms with E-state index in [1.165, 1.54) is 19.2 Å². The quantitative estimate of drug-likeness (QED) is 0.0788. The summed E-state index contributed by atoms with van der Waals surface area (Å²) in [5, 5.41) is 2.48. The van der Waals surface area contributed by atoms with Crippen molar-refractivity contribution in [2.45, 2.75) is 81.6 Å². The SMILES string of the molecule is CCCCCCCC(CCC(C)Cl)OC(=O)C(Cl)(C(=O)Nc1ccccc1)C(=O)c1ccc(OC)cc1. The third-order valence-corrected chi connectivity index (χ3v) is 6.80. The Labute approximate surface area is 230 Å². The number of alkyl halides is 2. The highest BCUT2D eigenvalue weighted by molar-refractivity contribution is 6.59. The first-order valence-electron chi connectivity index (χ1n) is 12.8. The van der Waals surface area contributed by atoms with E-state index in [0.717, 1.165) is 32.1 Å². The molecule has 2 aromatic rings. The summed E-state index contributed by atoms with van der Waals surface area (Å²) in [6.07, 6.45) is 6.43. The van der Waals surface area contributed by atoms with Gasteiger partial charge in [-0.1, -0.05) is 62.4 Å². The normalized spacial score (nSPS) is 14.2. The van der Waals surface area contributed by atoms with Crippen LogP contribution in [-0.4, -0.2) is 41.1 Å². The lowest BCUT2D eigenvalue weighted by molar-refractivity contribution is -0.153. The Bertz CT molecular complexity index is 997. The van der Waals surface area contributed by atoms with Gasteiger partial charge in [0.25, 0.3) is 10.8 Å². The molecule has 0 spiro atoms. The molecule has 0 aromatic heterocycles. The summed E-state index contributed by atoms with van der Waals surface area (Å²) in [7, 11) is 1.50. The van der Waals surface area contributed by atoms with Crippen LogP contribution >= 0.6 is 23.2 Å². The second kappa shape index (κ2) is 15.6. The van der Waals surface area contributed by atoms with Gasteiger partial charge in [0.05, 0.1) is 7.11 Å². The molecular weight excluding hydrogens is 513 g/mol. The van der Waals surface area contributed by atoms with Crippen molar-refractivity contribution in [3.05, 3.63) is 60.2 Å². The van der Waals surface area contributed by atoms with Crippen molar-refractivity contribution in [3.8, 4) is 5.75 Å². The summed E-state index contributed by atoms with van der Waals surface area (Å²) in [4.78, 5) is 37.9. The summed E-state index contributed by atoms with van der Waals surface area (Å²) < 4.78 is 10.9. The molecule has 3 unspecified atom stereocenters. The van der Waals surface area contributed by atoms with Crippen LogP contribution in [0.3, 0.4) is 0 Å². The van der Waals surface area contributed by atoms with Crippen molar-refractivity contribution in [2.24, 2.45) is 0 Å². The molecule has 0 saturated heterocycles. The Morgan fingerprint density at radius 1 is 0.919 bits per heavy atom. The smallest absolute Gasteiger partial charge is 0.345 e. The van der Waals surface area contributed by atoms with E-state index in [0.29, 0.717) is 30.7 Å². The van der Waals surface area contributed by atoms with Crippen LogP contribution in [0.5, 0.6) is 5.75 Å². The standard InChI is InChI=1S/C29H37Cl2NO5/c1-4-5-6-7-11-14-25(18-15-21(2)30)37-28(35)29(31,27(34)32-23-12-9-8-10-13-23)26(33)22-16-19-24(36-3)20-17-22/h8-10,12-13,16-17,19-21,25H,4-7,11,14-15,18H2,1-3H3,(H,32,34). The van der Waals surface area contributed by atoms with Crippen LogP contribution in [0.4, 0.5) is 5.69 Å². The number of anilines is 1. The molecular formula is C29H37Cl2NO5. The number of nitrogens with one attached hydrogen (secondary N) is 1. The number of para-hydroxylation sites is 1. The molecule has 2 rings (SSSR count). The lowest BCUT2D eigenvalue weighted by Gasteiger charge is -2.26. The van der Waals surface area contributed by atoms with E-state index >= 15 is 0 Å². The third kappa shape index (κ3) is 9.35. The number of hydrogen-bond acceptors (Lipinski definition) is 5. The minimum absolute atomic E-state index is 0.0847. The lowest BCUT2D eigenvalue weighted by atomic mass is 9.95. The first-order chi connectivity index (χ1) is 17.7. The highest BCUT2D eigenvalue weighted by atomic mass is 35.5. The molecule has 0 aliphatic heterocycles. The number of carbonyl (C=O) groups is 3. The molecule has 8 heteroatoms. The van der Waals surface area contributed by atoms with E-state index in [4.69, 9.17) is 32.7 Å². The fourth-order valence-electron chi connectivity index (χ4n) is 3.85. The van der Waals surface area contributed by atoms with Gasteiger partial charge in [-0.2, -0.15) is 0 Å². The number of hydrogen-bond donors (Lipinski definition) is 1. The zero-order valence-electron chi connectivity index (χ0n) is 21.8. The molecule has 0 radical (unpaired) electrons. The fraction of sp³-hybridized carbons (Fsp3) is 0.483. The highest BCUT2D eigenvalue weighted by Gasteiger charge is 2.54. The Morgan fingerprint density at radius 2 is 1.57 bits per heavy atom. The molecule has 6 nitrogen and oxygen atoms in total. The molecule has 0 saturated carbocycles. The minimum Gasteiger partial charge on any atom is -0.497 e. The van der Waals surface area contributed by atoms with E-state index in [9.17, 15) is 14.4 Å². The average Bonchev–Trinajstić information content (AvgIpc) is 2.90. The number of rotatable bonds is 16. The summed E-state index contributed by atoms with van der Waals surface area (Å²) in [5.74, 6) is -2.42. The largest absolute Gasteiger partial charge is 0.497 e. The molecule has 0 heterocycles. The number of methoxy groups -OCH3 is 1. The first-order valence-corrected chi connectivity index (χ1v) is 13.6. The van der Waals surface area contributed by atoms with Crippen LogP contribution in [0.1, 0.15) is 75.6 Å². The molecule has 1 N–H and O–H groups in total. The number of halogens is 2. The first kappa shape index (κ1) is 30.7. The topological polar surface area (TPSA) is 81.7 Å². The summed E-state index contributed by atoms with van der Waals surface area (Å²) in [6.45, 7) is 4.01. The van der Waals surface area contributed by atoms with Crippen LogP contribution in [0.25, 0.3) is 0 Å². The fourth-order valence-corrected chi connectivity index (χ4v) is 4.18. The zero-order chi connectivity index (χ0) is 27.3. The van der Waals surface area contributed by atoms with Crippen molar-refractivity contribution in [1.82, 2.24) is 0 Å². The molecule has 2 aromatic carbocycles. The van der Waals surface area contributed by atoms with E-state index in [1.807, 2.05) is 6.92 Å². The van der Waals surface area contributed by atoms with Gasteiger partial charge in [0.2, 0.25) is 5.78 Å². The van der Waals surface area contributed by atoms with Gasteiger partial charge < -0.3 is 14.8 Å². The molecule has 0 bridgehead atoms. The number of Topliss-reactive ketones (excluding diaryl/α,β-unsaturated/α-hetero) is 1. The maximum Gasteiger partial charge on any atom is 0.345 e. The maximum atomic E-state index is 13.6. The van der Waals surface area contributed by atoms with E-state index in [1.54, 1.807) is 42.5 Å². The van der Waals surface area contributed by atoms with E-state index in [2.05, 4.69) is 12.2 Å². The monoisotopic (exact) mass is 549 g/mol. The molecule has 0 aliphatic carbocycles. The predicted octanol–water partition coefficient (Wildman–Crippen LogP) is 7.17. The van der Waals surface area contributed by atoms with Gasteiger partial charge in [0, 0.05) is 16.6 Å². The number of benzene rings is 2. The summed E-state index contributed by atoms with van der Waals surface area (Å²) in [5.41, 5.74) is 0.484. The summed E-state index contributed by atoms with van der Waals surface area (Å²) >= 11 is 12.8. The van der Waals surface area contributed by atoms with E-state index < -0.39 is 28.6 Å². The lowest BCUT2D eigenvalue weighted by Crippen LogP contribution is -2.53. The number of ether oxygens (including phenoxy) is 2. The predicted molar refractivity (Wildman–Crippen MR) is 149 cm³/mol. The number of amides is 1. The third-order valence-electron chi connectivity index (χ3n) is 6.08. The minimum atomic E-state index is -2.61. The van der Waals surface area contributed by atoms with Gasteiger partial charge in [0.1, 0.15) is 11.9 Å². The van der Waals surface area contributed by atoms with Gasteiger partial charge in [-0.05, 0) is 69.0 Å². The molecule has 0 fully saturated rings. The second-order valence-electron chi connectivity index (χ2n) is 9.12. The molecule has 3 atom stereocenters. The molecule has 0 aliphatic rings. The van der Waals surface area contributed by atoms with Crippen LogP contribution in [0.2, 0.25) is 0 Å². The van der Waals surface area contributed by atoms with Gasteiger partial charge >= 0.3 is 5.97 Å². The van der Waals surface area contributed by atoms with Gasteiger partial charge in [-0.3, -0.25) is 9.59 Å². The van der Waals surface area contributed by atoms with Crippen LogP contribution in [0, 0.1) is 0 Å². The average molecular weight is 551 g/mol. The number of ketones is 1. The zero-order valence-corrected chi connectivity index (χ0v) is 23.3. The molecule has 37 heavy (non-hydrogen) atoms. The number of carbonyl (C=O) groups excluding carboxylic acids is 3. The van der Waals surface area contributed by atoms with Crippen LogP contribution in [-0.2, 0) is 14.3 Å². The Morgan fingerprint density at radius 3 is 2.16 bits per heavy atom. The van der Waals surface area contributed by atoms with Crippen molar-refractivity contribution in [3.63, 3.8) is 0 Å². The second-order valence-corrected chi connectivity index (χ2v) is 10.4. The number of unbranched alkanes of at least 4 members (excludes halogenated alkanes) is 4. The van der Waals surface area contributed by atoms with E-state index in [-0.39, 0.29) is 10.9 Å². The van der Waals surface area contributed by atoms with Gasteiger partial charge in [-0.15, -0.1) is 11.6 Å². The molecule has 1 amide bonds. The Hall–Kier alpha value is -2.57.